The van der Waals surface area contributed by atoms with Crippen molar-refractivity contribution in [3.05, 3.63) is 11.7 Å². The van der Waals surface area contributed by atoms with Gasteiger partial charge >= 0.3 is 0 Å². The van der Waals surface area contributed by atoms with E-state index in [0.717, 1.165) is 29.5 Å². The van der Waals surface area contributed by atoms with Crippen LogP contribution in [0, 0.1) is 17.8 Å². The summed E-state index contributed by atoms with van der Waals surface area (Å²) in [6.07, 6.45) is 8.94. The maximum absolute atomic E-state index is 5.55. The molecule has 0 aromatic carbocycles. The van der Waals surface area contributed by atoms with Crippen molar-refractivity contribution in [3.8, 4) is 0 Å². The predicted molar refractivity (Wildman–Crippen MR) is 66.9 cm³/mol. The molecule has 0 aliphatic heterocycles. The highest BCUT2D eigenvalue weighted by molar-refractivity contribution is 5.16. The van der Waals surface area contributed by atoms with Crippen LogP contribution in [0.15, 0.2) is 4.52 Å². The van der Waals surface area contributed by atoms with E-state index in [4.69, 9.17) is 10.3 Å². The number of rotatable bonds is 3. The highest BCUT2D eigenvalue weighted by Gasteiger charge is 2.53. The lowest BCUT2D eigenvalue weighted by Gasteiger charge is -2.55. The SMILES string of the molecule is NCCc1nc(C23CC4CC(CC(C4)C2)C3)no1. The van der Waals surface area contributed by atoms with Crippen molar-refractivity contribution in [1.29, 1.82) is 0 Å². The highest BCUT2D eigenvalue weighted by atomic mass is 16.5. The van der Waals surface area contributed by atoms with Gasteiger partial charge in [-0.25, -0.2) is 0 Å². The highest BCUT2D eigenvalue weighted by Crippen LogP contribution is 2.60. The van der Waals surface area contributed by atoms with E-state index < -0.39 is 0 Å². The number of hydrogen-bond acceptors (Lipinski definition) is 4. The molecule has 0 amide bonds. The standard InChI is InChI=1S/C14H21N3O/c15-2-1-12-16-13(17-18-12)14-6-9-3-10(7-14)5-11(4-9)8-14/h9-11H,1-8,15H2. The topological polar surface area (TPSA) is 64.9 Å². The first-order valence-corrected chi connectivity index (χ1v) is 7.30. The molecule has 1 aromatic heterocycles. The normalized spacial score (nSPS) is 41.5. The van der Waals surface area contributed by atoms with E-state index in [1.807, 2.05) is 0 Å². The van der Waals surface area contributed by atoms with Crippen LogP contribution in [-0.2, 0) is 11.8 Å². The van der Waals surface area contributed by atoms with Crippen LogP contribution < -0.4 is 5.73 Å². The van der Waals surface area contributed by atoms with E-state index in [1.54, 1.807) is 0 Å². The third-order valence-corrected chi connectivity index (χ3v) is 5.34. The fourth-order valence-corrected chi connectivity index (χ4v) is 5.08. The minimum absolute atomic E-state index is 0.255. The Morgan fingerprint density at radius 2 is 1.72 bits per heavy atom. The van der Waals surface area contributed by atoms with Crippen LogP contribution in [0.25, 0.3) is 0 Å². The van der Waals surface area contributed by atoms with Gasteiger partial charge in [0.25, 0.3) is 0 Å². The Morgan fingerprint density at radius 1 is 1.11 bits per heavy atom. The smallest absolute Gasteiger partial charge is 0.227 e. The molecule has 4 heteroatoms. The van der Waals surface area contributed by atoms with Gasteiger partial charge in [-0.2, -0.15) is 4.98 Å². The first-order chi connectivity index (χ1) is 8.77. The van der Waals surface area contributed by atoms with E-state index in [-0.39, 0.29) is 5.41 Å². The van der Waals surface area contributed by atoms with Crippen molar-refractivity contribution in [1.82, 2.24) is 10.1 Å². The van der Waals surface area contributed by atoms with Crippen LogP contribution in [0.1, 0.15) is 50.2 Å². The molecule has 2 N–H and O–H groups in total. The van der Waals surface area contributed by atoms with E-state index in [2.05, 4.69) is 10.1 Å². The molecule has 4 fully saturated rings. The summed E-state index contributed by atoms with van der Waals surface area (Å²) in [6.45, 7) is 0.586. The summed E-state index contributed by atoms with van der Waals surface area (Å²) in [5.41, 5.74) is 5.80. The molecule has 0 atom stereocenters. The second-order valence-corrected chi connectivity index (χ2v) is 6.75. The lowest BCUT2D eigenvalue weighted by Crippen LogP contribution is -2.49. The maximum Gasteiger partial charge on any atom is 0.227 e. The quantitative estimate of drug-likeness (QED) is 0.887. The molecule has 4 bridgehead atoms. The van der Waals surface area contributed by atoms with Crippen molar-refractivity contribution in [2.45, 2.75) is 50.4 Å². The zero-order valence-corrected chi connectivity index (χ0v) is 10.8. The summed E-state index contributed by atoms with van der Waals surface area (Å²) < 4.78 is 5.35. The Labute approximate surface area is 107 Å². The van der Waals surface area contributed by atoms with Gasteiger partial charge in [-0.1, -0.05) is 5.16 Å². The fraction of sp³-hybridized carbons (Fsp3) is 0.857. The number of aromatic nitrogens is 2. The van der Waals surface area contributed by atoms with Crippen molar-refractivity contribution in [2.24, 2.45) is 23.5 Å². The number of hydrogen-bond donors (Lipinski definition) is 1. The summed E-state index contributed by atoms with van der Waals surface area (Å²) in [4.78, 5) is 4.63. The lowest BCUT2D eigenvalue weighted by atomic mass is 9.49. The third kappa shape index (κ3) is 1.54. The molecule has 98 valence electrons. The average Bonchev–Trinajstić information content (AvgIpc) is 2.77. The minimum atomic E-state index is 0.255. The third-order valence-electron chi connectivity index (χ3n) is 5.34. The van der Waals surface area contributed by atoms with E-state index in [1.165, 1.54) is 38.5 Å². The zero-order chi connectivity index (χ0) is 12.2. The predicted octanol–water partition coefficient (Wildman–Crippen LogP) is 2.04. The van der Waals surface area contributed by atoms with Gasteiger partial charge in [0.05, 0.1) is 0 Å². The molecule has 0 radical (unpaired) electrons. The Kier molecular flexibility index (Phi) is 2.31. The van der Waals surface area contributed by atoms with Crippen LogP contribution in [0.2, 0.25) is 0 Å². The van der Waals surface area contributed by atoms with E-state index in [9.17, 15) is 0 Å². The number of nitrogens with zero attached hydrogens (tertiary/aromatic N) is 2. The van der Waals surface area contributed by atoms with Crippen LogP contribution in [0.4, 0.5) is 0 Å². The molecular formula is C14H21N3O. The van der Waals surface area contributed by atoms with Crippen LogP contribution in [-0.4, -0.2) is 16.7 Å². The molecule has 1 aromatic rings. The molecule has 4 saturated carbocycles. The lowest BCUT2D eigenvalue weighted by molar-refractivity contribution is -0.0103. The summed E-state index contributed by atoms with van der Waals surface area (Å²) >= 11 is 0. The largest absolute Gasteiger partial charge is 0.339 e. The first kappa shape index (κ1) is 11.0. The van der Waals surface area contributed by atoms with E-state index in [0.29, 0.717) is 13.0 Å². The fourth-order valence-electron chi connectivity index (χ4n) is 5.08. The van der Waals surface area contributed by atoms with Crippen molar-refractivity contribution < 1.29 is 4.52 Å². The molecular weight excluding hydrogens is 226 g/mol. The van der Waals surface area contributed by atoms with Crippen LogP contribution in [0.3, 0.4) is 0 Å². The summed E-state index contributed by atoms with van der Waals surface area (Å²) in [5, 5.41) is 4.28. The van der Waals surface area contributed by atoms with Gasteiger partial charge in [-0.3, -0.25) is 0 Å². The summed E-state index contributed by atoms with van der Waals surface area (Å²) in [5.74, 6) is 4.49. The molecule has 4 nitrogen and oxygen atoms in total. The molecule has 18 heavy (non-hydrogen) atoms. The Hall–Kier alpha value is -0.900. The minimum Gasteiger partial charge on any atom is -0.339 e. The summed E-state index contributed by atoms with van der Waals surface area (Å²) in [7, 11) is 0. The van der Waals surface area contributed by atoms with Gasteiger partial charge in [0.15, 0.2) is 5.82 Å². The molecule has 5 rings (SSSR count). The molecule has 4 aliphatic carbocycles. The van der Waals surface area contributed by atoms with Gasteiger partial charge in [0, 0.05) is 18.4 Å². The second kappa shape index (κ2) is 3.80. The van der Waals surface area contributed by atoms with Gasteiger partial charge in [-0.15, -0.1) is 0 Å². The number of nitrogens with two attached hydrogens (primary N) is 1. The first-order valence-electron chi connectivity index (χ1n) is 7.30. The molecule has 0 saturated heterocycles. The van der Waals surface area contributed by atoms with Crippen molar-refractivity contribution in [3.63, 3.8) is 0 Å². The van der Waals surface area contributed by atoms with Gasteiger partial charge < -0.3 is 10.3 Å². The molecule has 4 aliphatic rings. The second-order valence-electron chi connectivity index (χ2n) is 6.75. The molecule has 0 spiro atoms. The van der Waals surface area contributed by atoms with Gasteiger partial charge in [0.2, 0.25) is 5.89 Å². The van der Waals surface area contributed by atoms with Crippen molar-refractivity contribution in [2.75, 3.05) is 6.54 Å². The van der Waals surface area contributed by atoms with Crippen LogP contribution in [0.5, 0.6) is 0 Å². The van der Waals surface area contributed by atoms with Crippen LogP contribution >= 0.6 is 0 Å². The zero-order valence-electron chi connectivity index (χ0n) is 10.8. The van der Waals surface area contributed by atoms with Crippen molar-refractivity contribution >= 4 is 0 Å². The van der Waals surface area contributed by atoms with E-state index >= 15 is 0 Å². The Morgan fingerprint density at radius 3 is 2.28 bits per heavy atom. The maximum atomic E-state index is 5.55. The Balaban J connectivity index is 1.66. The molecule has 0 unspecified atom stereocenters. The monoisotopic (exact) mass is 247 g/mol. The molecule has 1 heterocycles. The van der Waals surface area contributed by atoms with Gasteiger partial charge in [-0.05, 0) is 56.3 Å². The Bertz CT molecular complexity index is 418. The average molecular weight is 247 g/mol. The van der Waals surface area contributed by atoms with Gasteiger partial charge in [0.1, 0.15) is 0 Å². The summed E-state index contributed by atoms with van der Waals surface area (Å²) in [6, 6.07) is 0.